The van der Waals surface area contributed by atoms with Crippen LogP contribution < -0.4 is 20.1 Å². The highest BCUT2D eigenvalue weighted by atomic mass is 16.5. The summed E-state index contributed by atoms with van der Waals surface area (Å²) in [5.41, 5.74) is 4.06. The molecular weight excluding hydrogens is 548 g/mol. The zero-order valence-corrected chi connectivity index (χ0v) is 23.5. The maximum atomic E-state index is 14.1. The number of benzene rings is 6. The first-order valence-electron chi connectivity index (χ1n) is 14.2. The molecule has 6 nitrogen and oxygen atoms in total. The third-order valence-electron chi connectivity index (χ3n) is 7.30. The Bertz CT molecular complexity index is 1830. The monoisotopic (exact) mass is 574 g/mol. The van der Waals surface area contributed by atoms with Gasteiger partial charge in [0.25, 0.3) is 0 Å². The number of carbonyl (C=O) groups is 2. The molecule has 7 rings (SSSR count). The van der Waals surface area contributed by atoms with E-state index in [1.54, 1.807) is 24.3 Å². The fraction of sp³-hybridized carbons (Fsp3) is 0. The van der Waals surface area contributed by atoms with Gasteiger partial charge in [-0.25, -0.2) is 0 Å². The second-order valence-electron chi connectivity index (χ2n) is 10.2. The van der Waals surface area contributed by atoms with E-state index in [4.69, 9.17) is 9.47 Å². The maximum absolute atomic E-state index is 14.1. The molecule has 0 radical (unpaired) electrons. The van der Waals surface area contributed by atoms with Crippen molar-refractivity contribution >= 4 is 34.3 Å². The van der Waals surface area contributed by atoms with Crippen LogP contribution in [0.3, 0.4) is 0 Å². The Morgan fingerprint density at radius 1 is 0.364 bits per heavy atom. The van der Waals surface area contributed by atoms with Crippen LogP contribution in [0.1, 0.15) is 31.8 Å². The number of ketones is 2. The Hall–Kier alpha value is -6.14. The van der Waals surface area contributed by atoms with E-state index in [0.29, 0.717) is 45.1 Å². The second-order valence-corrected chi connectivity index (χ2v) is 10.2. The van der Waals surface area contributed by atoms with Gasteiger partial charge in [0.15, 0.2) is 11.6 Å². The van der Waals surface area contributed by atoms with Crippen molar-refractivity contribution in [2.75, 3.05) is 10.6 Å². The van der Waals surface area contributed by atoms with Crippen molar-refractivity contribution in [3.8, 4) is 23.0 Å². The molecule has 0 atom stereocenters. The molecule has 0 saturated heterocycles. The Morgan fingerprint density at radius 2 is 0.750 bits per heavy atom. The SMILES string of the molecule is O=C1c2cccc(Nc3ccc(Oc4ccccc4)cc3)c2C(=O)c2c(Nc3ccc(Oc4ccccc4)cc3)cccc21. The largest absolute Gasteiger partial charge is 0.457 e. The van der Waals surface area contributed by atoms with Crippen molar-refractivity contribution in [2.45, 2.75) is 0 Å². The molecule has 6 heteroatoms. The van der Waals surface area contributed by atoms with E-state index >= 15 is 0 Å². The molecule has 0 saturated carbocycles. The second kappa shape index (κ2) is 11.6. The van der Waals surface area contributed by atoms with Gasteiger partial charge in [-0.2, -0.15) is 0 Å². The van der Waals surface area contributed by atoms with Crippen LogP contribution in [0.25, 0.3) is 0 Å². The molecule has 0 fully saturated rings. The molecule has 0 amide bonds. The van der Waals surface area contributed by atoms with E-state index in [2.05, 4.69) is 10.6 Å². The quantitative estimate of drug-likeness (QED) is 0.188. The lowest BCUT2D eigenvalue weighted by molar-refractivity contribution is 0.0980. The molecule has 1 aliphatic rings. The summed E-state index contributed by atoms with van der Waals surface area (Å²) in [6.45, 7) is 0. The van der Waals surface area contributed by atoms with Gasteiger partial charge in [0, 0.05) is 22.5 Å². The Morgan fingerprint density at radius 3 is 1.16 bits per heavy atom. The van der Waals surface area contributed by atoms with Gasteiger partial charge >= 0.3 is 0 Å². The minimum atomic E-state index is -0.228. The molecule has 6 aromatic rings. The van der Waals surface area contributed by atoms with Crippen LogP contribution in [0.15, 0.2) is 146 Å². The van der Waals surface area contributed by atoms with E-state index in [1.165, 1.54) is 0 Å². The number of hydrogen-bond acceptors (Lipinski definition) is 6. The molecule has 0 heterocycles. The van der Waals surface area contributed by atoms with Gasteiger partial charge < -0.3 is 20.1 Å². The molecule has 1 aliphatic carbocycles. The van der Waals surface area contributed by atoms with Crippen LogP contribution in [0, 0.1) is 0 Å². The van der Waals surface area contributed by atoms with Gasteiger partial charge in [-0.3, -0.25) is 9.59 Å². The zero-order valence-electron chi connectivity index (χ0n) is 23.5. The summed E-state index contributed by atoms with van der Waals surface area (Å²) in [7, 11) is 0. The smallest absolute Gasteiger partial charge is 0.198 e. The molecule has 0 unspecified atom stereocenters. The molecule has 212 valence electrons. The standard InChI is InChI=1S/C38H26N2O4/c41-37-31-13-7-15-33(39-25-17-21-29(22-18-25)43-27-9-3-1-4-10-27)35(31)38(42)36-32(37)14-8-16-34(36)40-26-19-23-30(24-20-26)44-28-11-5-2-6-12-28/h1-24,39-40H. The van der Waals surface area contributed by atoms with Gasteiger partial charge in [0.2, 0.25) is 0 Å². The summed E-state index contributed by atoms with van der Waals surface area (Å²) in [4.78, 5) is 27.8. The summed E-state index contributed by atoms with van der Waals surface area (Å²) < 4.78 is 11.8. The fourth-order valence-corrected chi connectivity index (χ4v) is 5.22. The number of fused-ring (bicyclic) bond motifs is 2. The fourth-order valence-electron chi connectivity index (χ4n) is 5.22. The van der Waals surface area contributed by atoms with Gasteiger partial charge in [-0.15, -0.1) is 0 Å². The highest BCUT2D eigenvalue weighted by Gasteiger charge is 2.33. The van der Waals surface area contributed by atoms with Crippen molar-refractivity contribution in [1.29, 1.82) is 0 Å². The van der Waals surface area contributed by atoms with Crippen molar-refractivity contribution in [3.05, 3.63) is 168 Å². The van der Waals surface area contributed by atoms with E-state index in [9.17, 15) is 9.59 Å². The van der Waals surface area contributed by atoms with Crippen molar-refractivity contribution in [1.82, 2.24) is 0 Å². The number of rotatable bonds is 8. The average Bonchev–Trinajstić information content (AvgIpc) is 3.06. The maximum Gasteiger partial charge on any atom is 0.198 e. The predicted octanol–water partition coefficient (Wildman–Crippen LogP) is 9.53. The lowest BCUT2D eigenvalue weighted by Crippen LogP contribution is -2.23. The van der Waals surface area contributed by atoms with Crippen LogP contribution in [0.4, 0.5) is 22.7 Å². The van der Waals surface area contributed by atoms with Crippen LogP contribution in [-0.2, 0) is 0 Å². The number of ether oxygens (including phenoxy) is 2. The normalized spacial score (nSPS) is 11.7. The summed E-state index contributed by atoms with van der Waals surface area (Å²) >= 11 is 0. The first-order valence-corrected chi connectivity index (χ1v) is 14.2. The first-order chi connectivity index (χ1) is 21.6. The number of para-hydroxylation sites is 2. The van der Waals surface area contributed by atoms with Crippen LogP contribution in [0.5, 0.6) is 23.0 Å². The summed E-state index contributed by atoms with van der Waals surface area (Å²) in [5, 5.41) is 6.67. The predicted molar refractivity (Wildman–Crippen MR) is 172 cm³/mol. The minimum absolute atomic E-state index is 0.194. The number of carbonyl (C=O) groups excluding carboxylic acids is 2. The van der Waals surface area contributed by atoms with Crippen LogP contribution >= 0.6 is 0 Å². The molecule has 44 heavy (non-hydrogen) atoms. The molecule has 6 aromatic carbocycles. The van der Waals surface area contributed by atoms with Gasteiger partial charge in [0.1, 0.15) is 23.0 Å². The first kappa shape index (κ1) is 26.7. The highest BCUT2D eigenvalue weighted by molar-refractivity contribution is 6.32. The van der Waals surface area contributed by atoms with Gasteiger partial charge in [0.05, 0.1) is 22.5 Å². The van der Waals surface area contributed by atoms with Crippen LogP contribution in [-0.4, -0.2) is 11.6 Å². The Labute approximate surface area is 254 Å². The molecular formula is C38H26N2O4. The summed E-state index contributed by atoms with van der Waals surface area (Å²) in [6.07, 6.45) is 0. The Balaban J connectivity index is 1.14. The van der Waals surface area contributed by atoms with E-state index < -0.39 is 0 Å². The van der Waals surface area contributed by atoms with E-state index in [1.807, 2.05) is 121 Å². The molecule has 2 N–H and O–H groups in total. The zero-order chi connectivity index (χ0) is 29.9. The molecule has 0 aromatic heterocycles. The van der Waals surface area contributed by atoms with Gasteiger partial charge in [-0.1, -0.05) is 60.7 Å². The van der Waals surface area contributed by atoms with E-state index in [-0.39, 0.29) is 11.6 Å². The molecule has 0 bridgehead atoms. The van der Waals surface area contributed by atoms with E-state index in [0.717, 1.165) is 22.9 Å². The lowest BCUT2D eigenvalue weighted by Gasteiger charge is -2.23. The minimum Gasteiger partial charge on any atom is -0.457 e. The highest BCUT2D eigenvalue weighted by Crippen LogP contribution is 2.38. The van der Waals surface area contributed by atoms with Crippen molar-refractivity contribution < 1.29 is 19.1 Å². The number of hydrogen-bond donors (Lipinski definition) is 2. The average molecular weight is 575 g/mol. The number of nitrogens with one attached hydrogen (secondary N) is 2. The molecule has 0 aliphatic heterocycles. The van der Waals surface area contributed by atoms with Crippen molar-refractivity contribution in [3.63, 3.8) is 0 Å². The Kier molecular flexibility index (Phi) is 7.06. The third-order valence-corrected chi connectivity index (χ3v) is 7.30. The lowest BCUT2D eigenvalue weighted by atomic mass is 9.82. The summed E-state index contributed by atoms with van der Waals surface area (Å²) in [6, 6.07) is 44.6. The third kappa shape index (κ3) is 5.40. The topological polar surface area (TPSA) is 76.7 Å². The van der Waals surface area contributed by atoms with Gasteiger partial charge in [-0.05, 0) is 84.9 Å². The van der Waals surface area contributed by atoms with Crippen molar-refractivity contribution in [2.24, 2.45) is 0 Å². The van der Waals surface area contributed by atoms with Crippen LogP contribution in [0.2, 0.25) is 0 Å². The number of anilines is 4. The molecule has 0 spiro atoms. The summed E-state index contributed by atoms with van der Waals surface area (Å²) in [5.74, 6) is 2.44.